The molecule has 3 heteroatoms. The van der Waals surface area contributed by atoms with Gasteiger partial charge in [-0.05, 0) is 30.7 Å². The first-order valence-electron chi connectivity index (χ1n) is 5.61. The average Bonchev–Trinajstić information content (AvgIpc) is 2.30. The lowest BCUT2D eigenvalue weighted by atomic mass is 10.2. The van der Waals surface area contributed by atoms with E-state index in [2.05, 4.69) is 6.92 Å². The van der Waals surface area contributed by atoms with Crippen molar-refractivity contribution >= 4 is 11.6 Å². The SMILES string of the molecule is CCCCN(C(C)=O)c1ccc(OC)cc1. The maximum Gasteiger partial charge on any atom is 0.223 e. The first-order valence-corrected chi connectivity index (χ1v) is 5.61. The number of carbonyl (C=O) groups excluding carboxylic acids is 1. The van der Waals surface area contributed by atoms with Crippen molar-refractivity contribution in [1.29, 1.82) is 0 Å². The third-order valence-electron chi connectivity index (χ3n) is 2.50. The summed E-state index contributed by atoms with van der Waals surface area (Å²) in [5, 5.41) is 0. The van der Waals surface area contributed by atoms with E-state index in [-0.39, 0.29) is 5.91 Å². The van der Waals surface area contributed by atoms with Crippen molar-refractivity contribution in [2.75, 3.05) is 18.6 Å². The van der Waals surface area contributed by atoms with Gasteiger partial charge in [-0.2, -0.15) is 0 Å². The lowest BCUT2D eigenvalue weighted by Gasteiger charge is -2.21. The monoisotopic (exact) mass is 221 g/mol. The van der Waals surface area contributed by atoms with E-state index >= 15 is 0 Å². The highest BCUT2D eigenvalue weighted by Gasteiger charge is 2.10. The Bertz CT molecular complexity index is 332. The number of hydrogen-bond donors (Lipinski definition) is 0. The molecule has 0 heterocycles. The maximum absolute atomic E-state index is 11.5. The van der Waals surface area contributed by atoms with Gasteiger partial charge in [-0.3, -0.25) is 4.79 Å². The van der Waals surface area contributed by atoms with Gasteiger partial charge in [-0.25, -0.2) is 0 Å². The number of anilines is 1. The first-order chi connectivity index (χ1) is 7.69. The Hall–Kier alpha value is -1.51. The Morgan fingerprint density at radius 2 is 1.94 bits per heavy atom. The molecule has 0 N–H and O–H groups in total. The van der Waals surface area contributed by atoms with Crippen LogP contribution in [0.15, 0.2) is 24.3 Å². The highest BCUT2D eigenvalue weighted by atomic mass is 16.5. The number of rotatable bonds is 5. The summed E-state index contributed by atoms with van der Waals surface area (Å²) < 4.78 is 5.09. The molecule has 0 saturated carbocycles. The van der Waals surface area contributed by atoms with Crippen LogP contribution in [0.1, 0.15) is 26.7 Å². The van der Waals surface area contributed by atoms with E-state index in [1.807, 2.05) is 24.3 Å². The zero-order valence-corrected chi connectivity index (χ0v) is 10.2. The molecule has 0 unspecified atom stereocenters. The molecule has 0 spiro atoms. The molecule has 16 heavy (non-hydrogen) atoms. The average molecular weight is 221 g/mol. The highest BCUT2D eigenvalue weighted by molar-refractivity contribution is 5.91. The van der Waals surface area contributed by atoms with Gasteiger partial charge >= 0.3 is 0 Å². The van der Waals surface area contributed by atoms with Gasteiger partial charge in [0.25, 0.3) is 0 Å². The molecule has 0 aliphatic rings. The van der Waals surface area contributed by atoms with Gasteiger partial charge in [0, 0.05) is 19.2 Å². The molecule has 88 valence electrons. The minimum absolute atomic E-state index is 0.0821. The van der Waals surface area contributed by atoms with Crippen LogP contribution in [-0.2, 0) is 4.79 Å². The van der Waals surface area contributed by atoms with Crippen molar-refractivity contribution in [3.8, 4) is 5.75 Å². The van der Waals surface area contributed by atoms with Crippen molar-refractivity contribution in [2.45, 2.75) is 26.7 Å². The van der Waals surface area contributed by atoms with Gasteiger partial charge in [-0.1, -0.05) is 13.3 Å². The minimum atomic E-state index is 0.0821. The molecular weight excluding hydrogens is 202 g/mol. The topological polar surface area (TPSA) is 29.5 Å². The molecule has 0 fully saturated rings. The number of carbonyl (C=O) groups is 1. The number of methoxy groups -OCH3 is 1. The zero-order chi connectivity index (χ0) is 12.0. The molecule has 1 aromatic rings. The quantitative estimate of drug-likeness (QED) is 0.765. The molecule has 0 atom stereocenters. The van der Waals surface area contributed by atoms with Crippen LogP contribution in [0, 0.1) is 0 Å². The first kappa shape index (κ1) is 12.6. The summed E-state index contributed by atoms with van der Waals surface area (Å²) in [6.45, 7) is 4.49. The molecule has 0 saturated heterocycles. The second kappa shape index (κ2) is 6.16. The number of ether oxygens (including phenoxy) is 1. The molecule has 1 amide bonds. The summed E-state index contributed by atoms with van der Waals surface area (Å²) in [4.78, 5) is 13.3. The smallest absolute Gasteiger partial charge is 0.223 e. The lowest BCUT2D eigenvalue weighted by molar-refractivity contribution is -0.116. The van der Waals surface area contributed by atoms with E-state index in [4.69, 9.17) is 4.74 Å². The minimum Gasteiger partial charge on any atom is -0.497 e. The third kappa shape index (κ3) is 3.26. The lowest BCUT2D eigenvalue weighted by Crippen LogP contribution is -2.29. The Kier molecular flexibility index (Phi) is 4.83. The number of hydrogen-bond acceptors (Lipinski definition) is 2. The molecule has 3 nitrogen and oxygen atoms in total. The second-order valence-electron chi connectivity index (χ2n) is 3.72. The predicted molar refractivity (Wildman–Crippen MR) is 65.9 cm³/mol. The van der Waals surface area contributed by atoms with Crippen LogP contribution in [-0.4, -0.2) is 19.6 Å². The number of nitrogens with zero attached hydrogens (tertiary/aromatic N) is 1. The van der Waals surface area contributed by atoms with Crippen LogP contribution < -0.4 is 9.64 Å². The van der Waals surface area contributed by atoms with Crippen LogP contribution in [0.25, 0.3) is 0 Å². The van der Waals surface area contributed by atoms with Gasteiger partial charge in [0.15, 0.2) is 0 Å². The van der Waals surface area contributed by atoms with Gasteiger partial charge in [0.1, 0.15) is 5.75 Å². The highest BCUT2D eigenvalue weighted by Crippen LogP contribution is 2.19. The van der Waals surface area contributed by atoms with Crippen molar-refractivity contribution in [3.05, 3.63) is 24.3 Å². The Morgan fingerprint density at radius 3 is 2.38 bits per heavy atom. The maximum atomic E-state index is 11.5. The van der Waals surface area contributed by atoms with Gasteiger partial charge in [-0.15, -0.1) is 0 Å². The third-order valence-corrected chi connectivity index (χ3v) is 2.50. The van der Waals surface area contributed by atoms with Crippen molar-refractivity contribution in [1.82, 2.24) is 0 Å². The molecule has 0 aromatic heterocycles. The van der Waals surface area contributed by atoms with E-state index in [0.717, 1.165) is 30.8 Å². The summed E-state index contributed by atoms with van der Waals surface area (Å²) in [5.74, 6) is 0.890. The zero-order valence-electron chi connectivity index (χ0n) is 10.2. The normalized spacial score (nSPS) is 9.94. The van der Waals surface area contributed by atoms with E-state index in [1.54, 1.807) is 18.9 Å². The van der Waals surface area contributed by atoms with Gasteiger partial charge in [0.05, 0.1) is 7.11 Å². The van der Waals surface area contributed by atoms with Crippen LogP contribution in [0.2, 0.25) is 0 Å². The molecule has 0 radical (unpaired) electrons. The standard InChI is InChI=1S/C13H19NO2/c1-4-5-10-14(11(2)15)12-6-8-13(16-3)9-7-12/h6-9H,4-5,10H2,1-3H3. The van der Waals surface area contributed by atoms with Crippen molar-refractivity contribution in [2.24, 2.45) is 0 Å². The number of benzene rings is 1. The van der Waals surface area contributed by atoms with Crippen LogP contribution >= 0.6 is 0 Å². The van der Waals surface area contributed by atoms with Gasteiger partial charge in [0.2, 0.25) is 5.91 Å². The Labute approximate surface area is 97.0 Å². The van der Waals surface area contributed by atoms with E-state index in [9.17, 15) is 4.79 Å². The number of amides is 1. The van der Waals surface area contributed by atoms with E-state index in [0.29, 0.717) is 0 Å². The van der Waals surface area contributed by atoms with Crippen molar-refractivity contribution < 1.29 is 9.53 Å². The molecule has 0 bridgehead atoms. The van der Waals surface area contributed by atoms with Crippen LogP contribution in [0.4, 0.5) is 5.69 Å². The molecule has 1 aromatic carbocycles. The summed E-state index contributed by atoms with van der Waals surface area (Å²) in [6.07, 6.45) is 2.10. The van der Waals surface area contributed by atoms with Crippen LogP contribution in [0.5, 0.6) is 5.75 Å². The fraction of sp³-hybridized carbons (Fsp3) is 0.462. The summed E-state index contributed by atoms with van der Waals surface area (Å²) >= 11 is 0. The summed E-state index contributed by atoms with van der Waals surface area (Å²) in [7, 11) is 1.63. The van der Waals surface area contributed by atoms with E-state index < -0.39 is 0 Å². The van der Waals surface area contributed by atoms with Crippen LogP contribution in [0.3, 0.4) is 0 Å². The largest absolute Gasteiger partial charge is 0.497 e. The summed E-state index contributed by atoms with van der Waals surface area (Å²) in [5.41, 5.74) is 0.932. The number of unbranched alkanes of at least 4 members (excludes halogenated alkanes) is 1. The van der Waals surface area contributed by atoms with Crippen molar-refractivity contribution in [3.63, 3.8) is 0 Å². The predicted octanol–water partition coefficient (Wildman–Crippen LogP) is 2.85. The molecule has 0 aliphatic heterocycles. The fourth-order valence-corrected chi connectivity index (χ4v) is 1.55. The van der Waals surface area contributed by atoms with Gasteiger partial charge < -0.3 is 9.64 Å². The molecular formula is C13H19NO2. The Balaban J connectivity index is 2.79. The second-order valence-corrected chi connectivity index (χ2v) is 3.72. The molecule has 0 aliphatic carbocycles. The Morgan fingerprint density at radius 1 is 1.31 bits per heavy atom. The van der Waals surface area contributed by atoms with E-state index in [1.165, 1.54) is 0 Å². The summed E-state index contributed by atoms with van der Waals surface area (Å²) in [6, 6.07) is 7.57. The molecule has 1 rings (SSSR count). The fourth-order valence-electron chi connectivity index (χ4n) is 1.55.